The molecule has 0 unspecified atom stereocenters. The van der Waals surface area contributed by atoms with Gasteiger partial charge in [0.1, 0.15) is 6.54 Å². The molecule has 0 atom stereocenters. The van der Waals surface area contributed by atoms with Gasteiger partial charge in [0.25, 0.3) is 0 Å². The Bertz CT molecular complexity index is 445. The van der Waals surface area contributed by atoms with Crippen LogP contribution in [0, 0.1) is 0 Å². The predicted octanol–water partition coefficient (Wildman–Crippen LogP) is -1.84. The van der Waals surface area contributed by atoms with E-state index in [1.807, 2.05) is 5.32 Å². The lowest BCUT2D eigenvalue weighted by Crippen LogP contribution is -2.45. The van der Waals surface area contributed by atoms with Gasteiger partial charge in [-0.05, 0) is 13.8 Å². The topological polar surface area (TPSA) is 151 Å². The minimum atomic E-state index is -4.24. The molecule has 0 radical (unpaired) electrons. The summed E-state index contributed by atoms with van der Waals surface area (Å²) in [7, 11) is -4.24. The number of ether oxygens (including phenoxy) is 1. The molecule has 19 heavy (non-hydrogen) atoms. The molecule has 11 heteroatoms. The third kappa shape index (κ3) is 9.79. The normalized spacial score (nSPS) is 10.9. The molecule has 0 aromatic heterocycles. The molecule has 0 bridgehead atoms. The fourth-order valence-electron chi connectivity index (χ4n) is 0.781. The van der Waals surface area contributed by atoms with Crippen LogP contribution in [0.3, 0.4) is 0 Å². The molecule has 110 valence electrons. The van der Waals surface area contributed by atoms with Crippen molar-refractivity contribution in [3.63, 3.8) is 0 Å². The number of aliphatic carboxylic acids is 1. The number of carboxylic acid groups (broad SMARTS) is 1. The van der Waals surface area contributed by atoms with Gasteiger partial charge in [-0.2, -0.15) is 13.1 Å². The van der Waals surface area contributed by atoms with Gasteiger partial charge >= 0.3 is 22.3 Å². The molecule has 0 aliphatic rings. The Labute approximate surface area is 109 Å². The zero-order chi connectivity index (χ0) is 15.1. The van der Waals surface area contributed by atoms with Crippen molar-refractivity contribution in [2.45, 2.75) is 20.0 Å². The number of carboxylic acids is 1. The van der Waals surface area contributed by atoms with Gasteiger partial charge in [0.2, 0.25) is 5.91 Å². The highest BCUT2D eigenvalue weighted by Crippen LogP contribution is 1.89. The van der Waals surface area contributed by atoms with Gasteiger partial charge in [-0.1, -0.05) is 0 Å². The Morgan fingerprint density at radius 1 is 1.21 bits per heavy atom. The summed E-state index contributed by atoms with van der Waals surface area (Å²) in [5, 5.41) is 10.2. The maximum atomic E-state index is 11.2. The first-order valence-electron chi connectivity index (χ1n) is 5.09. The van der Waals surface area contributed by atoms with E-state index in [-0.39, 0.29) is 0 Å². The second kappa shape index (κ2) is 7.53. The maximum Gasteiger partial charge on any atom is 0.422 e. The molecule has 10 nitrogen and oxygen atoms in total. The molecular weight excluding hydrogens is 282 g/mol. The molecule has 0 saturated carbocycles. The first kappa shape index (κ1) is 17.1. The van der Waals surface area contributed by atoms with E-state index in [0.29, 0.717) is 0 Å². The van der Waals surface area contributed by atoms with Gasteiger partial charge in [0.05, 0.1) is 12.6 Å². The highest BCUT2D eigenvalue weighted by molar-refractivity contribution is 7.88. The Morgan fingerprint density at radius 2 is 1.79 bits per heavy atom. The van der Waals surface area contributed by atoms with Gasteiger partial charge in [-0.3, -0.25) is 9.59 Å². The monoisotopic (exact) mass is 297 g/mol. The molecule has 0 rings (SSSR count). The van der Waals surface area contributed by atoms with Crippen LogP contribution in [0.4, 0.5) is 4.79 Å². The van der Waals surface area contributed by atoms with E-state index >= 15 is 0 Å². The zero-order valence-electron chi connectivity index (χ0n) is 10.3. The quantitative estimate of drug-likeness (QED) is 0.431. The molecule has 0 spiro atoms. The number of hydrogen-bond donors (Lipinski definition) is 4. The summed E-state index contributed by atoms with van der Waals surface area (Å²) in [6.45, 7) is 1.71. The van der Waals surface area contributed by atoms with Gasteiger partial charge in [-0.25, -0.2) is 9.52 Å². The summed E-state index contributed by atoms with van der Waals surface area (Å²) in [5.41, 5.74) is 0. The minimum absolute atomic E-state index is 0.505. The fourth-order valence-corrected chi connectivity index (χ4v) is 1.44. The Balaban J connectivity index is 4.13. The number of amides is 2. The second-order valence-electron chi connectivity index (χ2n) is 3.55. The van der Waals surface area contributed by atoms with Crippen molar-refractivity contribution in [2.75, 3.05) is 13.1 Å². The highest BCUT2D eigenvalue weighted by atomic mass is 32.2. The first-order chi connectivity index (χ1) is 8.62. The summed E-state index contributed by atoms with van der Waals surface area (Å²) in [5.74, 6) is -2.13. The lowest BCUT2D eigenvalue weighted by atomic mass is 10.5. The van der Waals surface area contributed by atoms with Crippen molar-refractivity contribution in [3.05, 3.63) is 0 Å². The molecule has 0 aliphatic carbocycles. The predicted molar refractivity (Wildman–Crippen MR) is 62.3 cm³/mol. The third-order valence-corrected chi connectivity index (χ3v) is 2.38. The van der Waals surface area contributed by atoms with Crippen LogP contribution in [0.15, 0.2) is 0 Å². The number of nitrogens with one attached hydrogen (secondary N) is 3. The molecule has 0 saturated heterocycles. The van der Waals surface area contributed by atoms with Gasteiger partial charge in [0.15, 0.2) is 0 Å². The Morgan fingerprint density at radius 3 is 2.26 bits per heavy atom. The second-order valence-corrected chi connectivity index (χ2v) is 5.05. The maximum absolute atomic E-state index is 11.2. The first-order valence-corrected chi connectivity index (χ1v) is 6.57. The Kier molecular flexibility index (Phi) is 6.79. The number of carbonyl (C=O) groups excluding carboxylic acids is 2. The van der Waals surface area contributed by atoms with Crippen molar-refractivity contribution in [1.82, 2.24) is 14.8 Å². The van der Waals surface area contributed by atoms with E-state index in [1.165, 1.54) is 18.6 Å². The molecule has 2 amide bonds. The van der Waals surface area contributed by atoms with Gasteiger partial charge < -0.3 is 15.2 Å². The summed E-state index contributed by atoms with van der Waals surface area (Å²) in [6, 6.07) is 0. The van der Waals surface area contributed by atoms with E-state index in [1.54, 1.807) is 4.72 Å². The number of hydrogen-bond acceptors (Lipinski definition) is 6. The van der Waals surface area contributed by atoms with Crippen LogP contribution < -0.4 is 14.8 Å². The number of rotatable bonds is 7. The van der Waals surface area contributed by atoms with Crippen molar-refractivity contribution < 1.29 is 32.6 Å². The average molecular weight is 297 g/mol. The van der Waals surface area contributed by atoms with E-state index in [9.17, 15) is 22.8 Å². The van der Waals surface area contributed by atoms with Crippen LogP contribution in [0.2, 0.25) is 0 Å². The summed E-state index contributed by atoms with van der Waals surface area (Å²) in [6.07, 6.45) is -1.69. The van der Waals surface area contributed by atoms with Crippen LogP contribution in [0.5, 0.6) is 0 Å². The minimum Gasteiger partial charge on any atom is -0.480 e. The number of carbonyl (C=O) groups is 3. The van der Waals surface area contributed by atoms with Crippen LogP contribution in [-0.2, 0) is 24.5 Å². The molecule has 4 N–H and O–H groups in total. The average Bonchev–Trinajstić information content (AvgIpc) is 2.21. The molecular formula is C8H15N3O7S. The standard InChI is InChI=1S/C8H15N3O7S/c1-5(2)18-8(15)11-19(16,17)10-3-6(12)9-4-7(13)14/h5,10H,3-4H2,1-2H3,(H,9,12)(H,11,15)(H,13,14). The van der Waals surface area contributed by atoms with Gasteiger partial charge in [-0.15, -0.1) is 0 Å². The lowest BCUT2D eigenvalue weighted by molar-refractivity contribution is -0.137. The van der Waals surface area contributed by atoms with Crippen molar-refractivity contribution >= 4 is 28.2 Å². The van der Waals surface area contributed by atoms with Crippen molar-refractivity contribution in [2.24, 2.45) is 0 Å². The summed E-state index contributed by atoms with van der Waals surface area (Å²) < 4.78 is 30.3. The van der Waals surface area contributed by atoms with Crippen LogP contribution in [0.25, 0.3) is 0 Å². The van der Waals surface area contributed by atoms with E-state index in [4.69, 9.17) is 5.11 Å². The molecule has 0 fully saturated rings. The third-order valence-electron chi connectivity index (χ3n) is 1.42. The van der Waals surface area contributed by atoms with Crippen LogP contribution in [0.1, 0.15) is 13.8 Å². The van der Waals surface area contributed by atoms with E-state index in [2.05, 4.69) is 4.74 Å². The largest absolute Gasteiger partial charge is 0.480 e. The van der Waals surface area contributed by atoms with Crippen molar-refractivity contribution in [1.29, 1.82) is 0 Å². The Hall–Kier alpha value is -1.88. The molecule has 0 aliphatic heterocycles. The van der Waals surface area contributed by atoms with Crippen LogP contribution in [-0.4, -0.2) is 50.7 Å². The van der Waals surface area contributed by atoms with E-state index in [0.717, 1.165) is 0 Å². The summed E-state index contributed by atoms with van der Waals surface area (Å²) in [4.78, 5) is 32.1. The van der Waals surface area contributed by atoms with E-state index < -0.39 is 47.4 Å². The zero-order valence-corrected chi connectivity index (χ0v) is 11.1. The van der Waals surface area contributed by atoms with Crippen molar-refractivity contribution in [3.8, 4) is 0 Å². The highest BCUT2D eigenvalue weighted by Gasteiger charge is 2.17. The SMILES string of the molecule is CC(C)OC(=O)NS(=O)(=O)NCC(=O)NCC(=O)O. The van der Waals surface area contributed by atoms with Gasteiger partial charge in [0, 0.05) is 0 Å². The van der Waals surface area contributed by atoms with Crippen LogP contribution >= 0.6 is 0 Å². The molecule has 0 aromatic rings. The smallest absolute Gasteiger partial charge is 0.422 e. The molecule has 0 aromatic carbocycles. The fraction of sp³-hybridized carbons (Fsp3) is 0.625. The lowest BCUT2D eigenvalue weighted by Gasteiger charge is -2.10. The summed E-state index contributed by atoms with van der Waals surface area (Å²) >= 11 is 0. The molecule has 0 heterocycles.